The summed E-state index contributed by atoms with van der Waals surface area (Å²) in [4.78, 5) is 11.9. The van der Waals surface area contributed by atoms with Crippen molar-refractivity contribution in [2.75, 3.05) is 26.2 Å². The average molecular weight is 424 g/mol. The number of hydrogen-bond acceptors (Lipinski definition) is 3. The summed E-state index contributed by atoms with van der Waals surface area (Å²) < 4.78 is 32.6. The van der Waals surface area contributed by atoms with E-state index in [1.54, 1.807) is 24.3 Å². The van der Waals surface area contributed by atoms with Crippen LogP contribution in [0.3, 0.4) is 0 Å². The first kappa shape index (κ1) is 22.6. The van der Waals surface area contributed by atoms with Gasteiger partial charge in [0, 0.05) is 19.6 Å². The average Bonchev–Trinajstić information content (AvgIpc) is 2.78. The molecule has 3 rings (SSSR count). The highest BCUT2D eigenvalue weighted by molar-refractivity contribution is 5.78. The van der Waals surface area contributed by atoms with Crippen LogP contribution in [0, 0.1) is 11.6 Å². The zero-order valence-electron chi connectivity index (χ0n) is 17.2. The number of nitrogens with one attached hydrogen (secondary N) is 2. The van der Waals surface area contributed by atoms with Crippen LogP contribution in [0.4, 0.5) is 8.78 Å². The van der Waals surface area contributed by atoms with E-state index in [-0.39, 0.29) is 17.5 Å². The van der Waals surface area contributed by atoms with Gasteiger partial charge in [-0.25, -0.2) is 8.78 Å². The van der Waals surface area contributed by atoms with E-state index >= 15 is 0 Å². The molecule has 3 aromatic carbocycles. The quantitative estimate of drug-likeness (QED) is 0.457. The van der Waals surface area contributed by atoms with Gasteiger partial charge in [0.05, 0.1) is 13.0 Å². The molecule has 0 aliphatic carbocycles. The highest BCUT2D eigenvalue weighted by Gasteiger charge is 2.15. The molecule has 6 heteroatoms. The topological polar surface area (TPSA) is 50.4 Å². The van der Waals surface area contributed by atoms with E-state index in [2.05, 4.69) is 10.6 Å². The molecule has 0 atom stereocenters. The summed E-state index contributed by atoms with van der Waals surface area (Å²) in [5, 5.41) is 6.10. The Hall–Kier alpha value is -3.09. The molecule has 0 unspecified atom stereocenters. The number of carbonyl (C=O) groups excluding carboxylic acids is 1. The second-order valence-corrected chi connectivity index (χ2v) is 7.12. The maximum Gasteiger partial charge on any atom is 0.224 e. The third-order valence-electron chi connectivity index (χ3n) is 4.74. The number of rotatable bonds is 11. The second kappa shape index (κ2) is 11.9. The normalized spacial score (nSPS) is 10.9. The van der Waals surface area contributed by atoms with Crippen molar-refractivity contribution in [1.82, 2.24) is 10.6 Å². The number of benzene rings is 3. The minimum absolute atomic E-state index is 0.0167. The Kier molecular flexibility index (Phi) is 8.70. The van der Waals surface area contributed by atoms with Crippen LogP contribution < -0.4 is 10.6 Å². The summed E-state index contributed by atoms with van der Waals surface area (Å²) in [7, 11) is 0. The maximum absolute atomic E-state index is 13.3. The van der Waals surface area contributed by atoms with Crippen molar-refractivity contribution in [2.24, 2.45) is 0 Å². The smallest absolute Gasteiger partial charge is 0.224 e. The first-order chi connectivity index (χ1) is 15.1. The van der Waals surface area contributed by atoms with E-state index in [0.29, 0.717) is 32.7 Å². The lowest BCUT2D eigenvalue weighted by Crippen LogP contribution is -2.34. The molecule has 31 heavy (non-hydrogen) atoms. The first-order valence-electron chi connectivity index (χ1n) is 10.3. The van der Waals surface area contributed by atoms with Gasteiger partial charge in [0.1, 0.15) is 17.7 Å². The third-order valence-corrected chi connectivity index (χ3v) is 4.74. The van der Waals surface area contributed by atoms with Crippen molar-refractivity contribution in [3.05, 3.63) is 107 Å². The van der Waals surface area contributed by atoms with Crippen molar-refractivity contribution in [3.63, 3.8) is 0 Å². The van der Waals surface area contributed by atoms with Gasteiger partial charge in [-0.3, -0.25) is 4.79 Å². The largest absolute Gasteiger partial charge is 0.367 e. The standard InChI is InChI=1S/C25H26F2N2O2/c26-22-10-6-20(7-11-22)25(21-8-12-23(27)13-9-21)31-17-16-28-14-15-29-24(30)18-19-4-2-1-3-5-19/h1-13,25,28H,14-18H2,(H,29,30). The van der Waals surface area contributed by atoms with E-state index in [0.717, 1.165) is 16.7 Å². The van der Waals surface area contributed by atoms with Crippen LogP contribution in [0.1, 0.15) is 22.8 Å². The van der Waals surface area contributed by atoms with Gasteiger partial charge in [-0.05, 0) is 41.0 Å². The van der Waals surface area contributed by atoms with E-state index in [4.69, 9.17) is 4.74 Å². The molecular weight excluding hydrogens is 398 g/mol. The van der Waals surface area contributed by atoms with Crippen molar-refractivity contribution in [1.29, 1.82) is 0 Å². The fourth-order valence-electron chi connectivity index (χ4n) is 3.17. The van der Waals surface area contributed by atoms with Gasteiger partial charge in [-0.1, -0.05) is 54.6 Å². The van der Waals surface area contributed by atoms with Crippen LogP contribution in [0.2, 0.25) is 0 Å². The summed E-state index contributed by atoms with van der Waals surface area (Å²) in [6.45, 7) is 2.11. The van der Waals surface area contributed by atoms with Gasteiger partial charge in [0.15, 0.2) is 0 Å². The van der Waals surface area contributed by atoms with Crippen LogP contribution >= 0.6 is 0 Å². The number of hydrogen-bond donors (Lipinski definition) is 2. The van der Waals surface area contributed by atoms with Gasteiger partial charge >= 0.3 is 0 Å². The predicted octanol–water partition coefficient (Wildman–Crippen LogP) is 4.02. The summed E-state index contributed by atoms with van der Waals surface area (Å²) in [6.07, 6.45) is -0.0605. The fraction of sp³-hybridized carbons (Fsp3) is 0.240. The van der Waals surface area contributed by atoms with E-state index in [9.17, 15) is 13.6 Å². The summed E-state index contributed by atoms with van der Waals surface area (Å²) >= 11 is 0. The lowest BCUT2D eigenvalue weighted by molar-refractivity contribution is -0.120. The highest BCUT2D eigenvalue weighted by Crippen LogP contribution is 2.26. The van der Waals surface area contributed by atoms with E-state index in [1.165, 1.54) is 24.3 Å². The lowest BCUT2D eigenvalue weighted by atomic mass is 10.0. The molecule has 1 amide bonds. The van der Waals surface area contributed by atoms with Crippen LogP contribution in [0.15, 0.2) is 78.9 Å². The Bertz CT molecular complexity index is 887. The van der Waals surface area contributed by atoms with Gasteiger partial charge in [-0.2, -0.15) is 0 Å². The van der Waals surface area contributed by atoms with Crippen LogP contribution in [-0.4, -0.2) is 32.1 Å². The number of amides is 1. The lowest BCUT2D eigenvalue weighted by Gasteiger charge is -2.19. The van der Waals surface area contributed by atoms with Crippen LogP contribution in [0.25, 0.3) is 0 Å². The van der Waals surface area contributed by atoms with Gasteiger partial charge in [-0.15, -0.1) is 0 Å². The van der Waals surface area contributed by atoms with Crippen molar-refractivity contribution in [3.8, 4) is 0 Å². The zero-order chi connectivity index (χ0) is 21.9. The Labute approximate surface area is 181 Å². The molecule has 0 aliphatic rings. The summed E-state index contributed by atoms with van der Waals surface area (Å²) in [6, 6.07) is 21.8. The summed E-state index contributed by atoms with van der Waals surface area (Å²) in [5.41, 5.74) is 2.57. The second-order valence-electron chi connectivity index (χ2n) is 7.12. The minimum Gasteiger partial charge on any atom is -0.367 e. The molecule has 162 valence electrons. The van der Waals surface area contributed by atoms with Gasteiger partial charge in [0.25, 0.3) is 0 Å². The zero-order valence-corrected chi connectivity index (χ0v) is 17.2. The molecule has 0 fully saturated rings. The molecule has 4 nitrogen and oxygen atoms in total. The molecule has 0 bridgehead atoms. The Morgan fingerprint density at radius 3 is 1.94 bits per heavy atom. The Balaban J connectivity index is 1.40. The molecule has 0 spiro atoms. The van der Waals surface area contributed by atoms with Crippen molar-refractivity contribution < 1.29 is 18.3 Å². The molecule has 0 radical (unpaired) electrons. The minimum atomic E-state index is -0.423. The van der Waals surface area contributed by atoms with E-state index < -0.39 is 6.10 Å². The number of ether oxygens (including phenoxy) is 1. The number of halogens is 2. The SMILES string of the molecule is O=C(Cc1ccccc1)NCCNCCOC(c1ccc(F)cc1)c1ccc(F)cc1. The van der Waals surface area contributed by atoms with Crippen molar-refractivity contribution >= 4 is 5.91 Å². The fourth-order valence-corrected chi connectivity index (χ4v) is 3.17. The molecule has 0 aromatic heterocycles. The molecule has 0 aliphatic heterocycles. The highest BCUT2D eigenvalue weighted by atomic mass is 19.1. The monoisotopic (exact) mass is 424 g/mol. The molecular formula is C25H26F2N2O2. The predicted molar refractivity (Wildman–Crippen MR) is 117 cm³/mol. The third kappa shape index (κ3) is 7.59. The molecule has 3 aromatic rings. The molecule has 0 saturated heterocycles. The Morgan fingerprint density at radius 2 is 1.35 bits per heavy atom. The van der Waals surface area contributed by atoms with E-state index in [1.807, 2.05) is 30.3 Å². The molecule has 0 heterocycles. The van der Waals surface area contributed by atoms with Crippen LogP contribution in [-0.2, 0) is 16.0 Å². The van der Waals surface area contributed by atoms with Gasteiger partial charge < -0.3 is 15.4 Å². The first-order valence-corrected chi connectivity index (χ1v) is 10.3. The maximum atomic E-state index is 13.3. The van der Waals surface area contributed by atoms with Crippen molar-refractivity contribution in [2.45, 2.75) is 12.5 Å². The molecule has 2 N–H and O–H groups in total. The molecule has 0 saturated carbocycles. The Morgan fingerprint density at radius 1 is 0.774 bits per heavy atom. The number of carbonyl (C=O) groups is 1. The van der Waals surface area contributed by atoms with Gasteiger partial charge in [0.2, 0.25) is 5.91 Å². The summed E-state index contributed by atoms with van der Waals surface area (Å²) in [5.74, 6) is -0.660. The van der Waals surface area contributed by atoms with Crippen LogP contribution in [0.5, 0.6) is 0 Å².